The van der Waals surface area contributed by atoms with Gasteiger partial charge in [-0.1, -0.05) is 48.9 Å². The summed E-state index contributed by atoms with van der Waals surface area (Å²) in [7, 11) is 0. The second kappa shape index (κ2) is 7.06. The van der Waals surface area contributed by atoms with Gasteiger partial charge < -0.3 is 5.32 Å². The Bertz CT molecular complexity index is 606. The van der Waals surface area contributed by atoms with Gasteiger partial charge in [0.05, 0.1) is 11.6 Å². The van der Waals surface area contributed by atoms with Crippen LogP contribution in [0.1, 0.15) is 54.6 Å². The minimum atomic E-state index is 0.254. The monoisotopic (exact) mass is 278 g/mol. The maximum absolute atomic E-state index is 8.86. The highest BCUT2D eigenvalue weighted by atomic mass is 14.9. The molecule has 0 saturated carbocycles. The second-order valence-corrected chi connectivity index (χ2v) is 5.49. The molecule has 21 heavy (non-hydrogen) atoms. The summed E-state index contributed by atoms with van der Waals surface area (Å²) in [6, 6.07) is 19.3. The van der Waals surface area contributed by atoms with Gasteiger partial charge in [-0.05, 0) is 43.5 Å². The number of benzene rings is 2. The summed E-state index contributed by atoms with van der Waals surface area (Å²) in [4.78, 5) is 0. The average Bonchev–Trinajstić information content (AvgIpc) is 2.53. The second-order valence-electron chi connectivity index (χ2n) is 5.49. The van der Waals surface area contributed by atoms with E-state index in [1.54, 1.807) is 0 Å². The van der Waals surface area contributed by atoms with Gasteiger partial charge in [-0.15, -0.1) is 0 Å². The molecule has 1 N–H and O–H groups in total. The van der Waals surface area contributed by atoms with Gasteiger partial charge in [0.1, 0.15) is 0 Å². The number of hydrogen-bond acceptors (Lipinski definition) is 2. The summed E-state index contributed by atoms with van der Waals surface area (Å²) in [5, 5.41) is 12.5. The van der Waals surface area contributed by atoms with Gasteiger partial charge in [0, 0.05) is 12.1 Å². The molecular weight excluding hydrogens is 256 g/mol. The SMILES string of the molecule is CCC(NC(C)c1ccc(C#N)cc1)c1ccc(C)cc1. The zero-order chi connectivity index (χ0) is 15.2. The number of aryl methyl sites for hydroxylation is 1. The summed E-state index contributed by atoms with van der Waals surface area (Å²) in [5.74, 6) is 0. The van der Waals surface area contributed by atoms with Gasteiger partial charge in [-0.25, -0.2) is 0 Å². The number of hydrogen-bond donors (Lipinski definition) is 1. The molecule has 0 radical (unpaired) electrons. The van der Waals surface area contributed by atoms with Gasteiger partial charge in [-0.2, -0.15) is 5.26 Å². The van der Waals surface area contributed by atoms with Crippen LogP contribution in [0.3, 0.4) is 0 Å². The maximum atomic E-state index is 8.86. The fourth-order valence-corrected chi connectivity index (χ4v) is 2.49. The molecule has 108 valence electrons. The number of nitriles is 1. The molecule has 0 saturated heterocycles. The summed E-state index contributed by atoms with van der Waals surface area (Å²) < 4.78 is 0. The lowest BCUT2D eigenvalue weighted by molar-refractivity contribution is 0.456. The predicted molar refractivity (Wildman–Crippen MR) is 86.9 cm³/mol. The van der Waals surface area contributed by atoms with Crippen molar-refractivity contribution < 1.29 is 0 Å². The topological polar surface area (TPSA) is 35.8 Å². The Morgan fingerprint density at radius 1 is 1.00 bits per heavy atom. The summed E-state index contributed by atoms with van der Waals surface area (Å²) in [6.45, 7) is 6.47. The van der Waals surface area contributed by atoms with Crippen molar-refractivity contribution in [2.75, 3.05) is 0 Å². The van der Waals surface area contributed by atoms with Gasteiger partial charge in [0.2, 0.25) is 0 Å². The number of rotatable bonds is 5. The third-order valence-electron chi connectivity index (χ3n) is 3.88. The molecule has 2 atom stereocenters. The van der Waals surface area contributed by atoms with Gasteiger partial charge >= 0.3 is 0 Å². The molecule has 2 unspecified atom stereocenters. The van der Waals surface area contributed by atoms with Crippen LogP contribution in [-0.4, -0.2) is 0 Å². The van der Waals surface area contributed by atoms with Crippen LogP contribution in [0.25, 0.3) is 0 Å². The minimum Gasteiger partial charge on any atom is -0.303 e. The van der Waals surface area contributed by atoms with Crippen molar-refractivity contribution >= 4 is 0 Å². The van der Waals surface area contributed by atoms with E-state index in [0.29, 0.717) is 11.6 Å². The summed E-state index contributed by atoms with van der Waals surface area (Å²) in [5.41, 5.74) is 4.52. The molecule has 0 aromatic heterocycles. The molecule has 2 nitrogen and oxygen atoms in total. The van der Waals surface area contributed by atoms with Gasteiger partial charge in [-0.3, -0.25) is 0 Å². The van der Waals surface area contributed by atoms with Crippen LogP contribution in [0.5, 0.6) is 0 Å². The molecule has 2 heteroatoms. The summed E-state index contributed by atoms with van der Waals surface area (Å²) in [6.07, 6.45) is 1.05. The number of nitrogens with one attached hydrogen (secondary N) is 1. The third-order valence-corrected chi connectivity index (χ3v) is 3.88. The van der Waals surface area contributed by atoms with Crippen molar-refractivity contribution in [1.82, 2.24) is 5.32 Å². The molecule has 0 aliphatic carbocycles. The zero-order valence-corrected chi connectivity index (χ0v) is 12.9. The van der Waals surface area contributed by atoms with E-state index in [1.807, 2.05) is 24.3 Å². The van der Waals surface area contributed by atoms with Gasteiger partial charge in [0.15, 0.2) is 0 Å². The van der Waals surface area contributed by atoms with E-state index in [2.05, 4.69) is 56.4 Å². The van der Waals surface area contributed by atoms with Crippen LogP contribution < -0.4 is 5.32 Å². The first-order valence-corrected chi connectivity index (χ1v) is 7.46. The third kappa shape index (κ3) is 3.93. The van der Waals surface area contributed by atoms with Gasteiger partial charge in [0.25, 0.3) is 0 Å². The summed E-state index contributed by atoms with van der Waals surface area (Å²) >= 11 is 0. The molecular formula is C19H22N2. The fraction of sp³-hybridized carbons (Fsp3) is 0.316. The van der Waals surface area contributed by atoms with Crippen LogP contribution in [0.4, 0.5) is 0 Å². The highest BCUT2D eigenvalue weighted by Gasteiger charge is 2.13. The lowest BCUT2D eigenvalue weighted by Crippen LogP contribution is -2.24. The quantitative estimate of drug-likeness (QED) is 0.862. The molecule has 0 spiro atoms. The van der Waals surface area contributed by atoms with Crippen LogP contribution in [0.2, 0.25) is 0 Å². The largest absolute Gasteiger partial charge is 0.303 e. The molecule has 0 fully saturated rings. The van der Waals surface area contributed by atoms with Crippen LogP contribution in [0.15, 0.2) is 48.5 Å². The highest BCUT2D eigenvalue weighted by molar-refractivity contribution is 5.33. The first-order valence-electron chi connectivity index (χ1n) is 7.46. The minimum absolute atomic E-state index is 0.254. The molecule has 0 amide bonds. The Morgan fingerprint density at radius 2 is 1.57 bits per heavy atom. The van der Waals surface area contributed by atoms with Crippen molar-refractivity contribution in [2.24, 2.45) is 0 Å². The zero-order valence-electron chi connectivity index (χ0n) is 12.9. The standard InChI is InChI=1S/C19H22N2/c1-4-19(18-9-5-14(2)6-10-18)21-15(3)17-11-7-16(13-20)8-12-17/h5-12,15,19,21H,4H2,1-3H3. The Balaban J connectivity index is 2.10. The molecule has 2 rings (SSSR count). The van der Waals surface area contributed by atoms with E-state index in [9.17, 15) is 0 Å². The Kier molecular flexibility index (Phi) is 5.14. The van der Waals surface area contributed by atoms with E-state index in [0.717, 1.165) is 6.42 Å². The Hall–Kier alpha value is -2.11. The molecule has 0 aliphatic rings. The molecule has 2 aromatic carbocycles. The van der Waals surface area contributed by atoms with E-state index < -0.39 is 0 Å². The van der Waals surface area contributed by atoms with Crippen LogP contribution >= 0.6 is 0 Å². The van der Waals surface area contributed by atoms with Crippen molar-refractivity contribution in [3.63, 3.8) is 0 Å². The Labute approximate surface area is 127 Å². The van der Waals surface area contributed by atoms with Crippen molar-refractivity contribution in [2.45, 2.75) is 39.3 Å². The Morgan fingerprint density at radius 3 is 2.10 bits per heavy atom. The lowest BCUT2D eigenvalue weighted by atomic mass is 10.00. The van der Waals surface area contributed by atoms with Crippen LogP contribution in [0, 0.1) is 18.3 Å². The van der Waals surface area contributed by atoms with Crippen molar-refractivity contribution in [1.29, 1.82) is 5.26 Å². The van der Waals surface area contributed by atoms with Crippen molar-refractivity contribution in [3.8, 4) is 6.07 Å². The molecule has 0 bridgehead atoms. The normalized spacial score (nSPS) is 13.4. The van der Waals surface area contributed by atoms with Crippen molar-refractivity contribution in [3.05, 3.63) is 70.8 Å². The van der Waals surface area contributed by atoms with E-state index >= 15 is 0 Å². The average molecular weight is 278 g/mol. The molecule has 0 heterocycles. The smallest absolute Gasteiger partial charge is 0.0991 e. The predicted octanol–water partition coefficient (Wildman–Crippen LogP) is 4.67. The maximum Gasteiger partial charge on any atom is 0.0991 e. The number of nitrogens with zero attached hydrogens (tertiary/aromatic N) is 1. The molecule has 0 aliphatic heterocycles. The first-order chi connectivity index (χ1) is 10.1. The van der Waals surface area contributed by atoms with Crippen LogP contribution in [-0.2, 0) is 0 Å². The van der Waals surface area contributed by atoms with E-state index in [4.69, 9.17) is 5.26 Å². The first kappa shape index (κ1) is 15.3. The lowest BCUT2D eigenvalue weighted by Gasteiger charge is -2.23. The van der Waals surface area contributed by atoms with E-state index in [1.165, 1.54) is 16.7 Å². The van der Waals surface area contributed by atoms with E-state index in [-0.39, 0.29) is 6.04 Å². The fourth-order valence-electron chi connectivity index (χ4n) is 2.49. The highest BCUT2D eigenvalue weighted by Crippen LogP contribution is 2.22. The molecule has 2 aromatic rings.